The Hall–Kier alpha value is -3.42. The Labute approximate surface area is 136 Å². The summed E-state index contributed by atoms with van der Waals surface area (Å²) in [5.74, 6) is -1.99. The number of carbonyl (C=O) groups is 2. The number of nitro benzene ring substituents is 1. The summed E-state index contributed by atoms with van der Waals surface area (Å²) in [7, 11) is 0. The molecule has 0 bridgehead atoms. The van der Waals surface area contributed by atoms with Gasteiger partial charge in [0.25, 0.3) is 5.91 Å². The van der Waals surface area contributed by atoms with Gasteiger partial charge in [-0.1, -0.05) is 42.5 Å². The molecular formula is C16H14N2O6. The van der Waals surface area contributed by atoms with Crippen molar-refractivity contribution < 1.29 is 24.4 Å². The number of hydrogen-bond donors (Lipinski definition) is 2. The molecule has 2 aromatic carbocycles. The van der Waals surface area contributed by atoms with E-state index in [1.165, 1.54) is 24.3 Å². The van der Waals surface area contributed by atoms with Crippen LogP contribution in [0.1, 0.15) is 11.6 Å². The Kier molecular flexibility index (Phi) is 5.45. The summed E-state index contributed by atoms with van der Waals surface area (Å²) in [5, 5.41) is 22.4. The molecule has 0 aliphatic heterocycles. The molecule has 1 atom stereocenters. The van der Waals surface area contributed by atoms with E-state index in [1.807, 2.05) is 0 Å². The largest absolute Gasteiger partial charge is 0.479 e. The number of amides is 1. The predicted molar refractivity (Wildman–Crippen MR) is 83.6 cm³/mol. The van der Waals surface area contributed by atoms with Crippen molar-refractivity contribution in [3.8, 4) is 5.75 Å². The Bertz CT molecular complexity index is 747. The highest BCUT2D eigenvalue weighted by atomic mass is 16.6. The van der Waals surface area contributed by atoms with E-state index in [0.717, 1.165) is 0 Å². The molecule has 0 radical (unpaired) electrons. The van der Waals surface area contributed by atoms with Crippen molar-refractivity contribution in [1.29, 1.82) is 0 Å². The van der Waals surface area contributed by atoms with Crippen LogP contribution in [-0.4, -0.2) is 28.5 Å². The molecule has 8 heteroatoms. The number of aliphatic carboxylic acids is 1. The Morgan fingerprint density at radius 3 is 2.38 bits per heavy atom. The van der Waals surface area contributed by atoms with E-state index in [0.29, 0.717) is 5.56 Å². The highest BCUT2D eigenvalue weighted by molar-refractivity contribution is 5.85. The predicted octanol–water partition coefficient (Wildman–Crippen LogP) is 1.92. The first-order valence-electron chi connectivity index (χ1n) is 6.92. The van der Waals surface area contributed by atoms with Gasteiger partial charge in [-0.3, -0.25) is 14.9 Å². The summed E-state index contributed by atoms with van der Waals surface area (Å²) in [6.07, 6.45) is 0. The van der Waals surface area contributed by atoms with Gasteiger partial charge >= 0.3 is 11.7 Å². The van der Waals surface area contributed by atoms with E-state index in [9.17, 15) is 24.8 Å². The Morgan fingerprint density at radius 1 is 1.12 bits per heavy atom. The number of rotatable bonds is 7. The normalized spacial score (nSPS) is 11.3. The minimum Gasteiger partial charge on any atom is -0.479 e. The molecule has 0 aliphatic carbocycles. The molecule has 0 saturated heterocycles. The molecule has 1 amide bonds. The minimum atomic E-state index is -1.23. The monoisotopic (exact) mass is 330 g/mol. The molecule has 0 unspecified atom stereocenters. The number of nitrogens with zero attached hydrogens (tertiary/aromatic N) is 1. The van der Waals surface area contributed by atoms with Crippen molar-refractivity contribution in [2.24, 2.45) is 0 Å². The van der Waals surface area contributed by atoms with E-state index in [2.05, 4.69) is 5.32 Å². The zero-order chi connectivity index (χ0) is 17.5. The molecule has 8 nitrogen and oxygen atoms in total. The summed E-state index contributed by atoms with van der Waals surface area (Å²) in [6.45, 7) is -0.540. The number of hydrogen-bond acceptors (Lipinski definition) is 5. The highest BCUT2D eigenvalue weighted by Gasteiger charge is 2.22. The van der Waals surface area contributed by atoms with Crippen LogP contribution in [0, 0.1) is 10.1 Å². The second-order valence-electron chi connectivity index (χ2n) is 4.76. The average Bonchev–Trinajstić information content (AvgIpc) is 2.58. The van der Waals surface area contributed by atoms with Crippen molar-refractivity contribution in [2.75, 3.05) is 6.61 Å². The van der Waals surface area contributed by atoms with Gasteiger partial charge < -0.3 is 15.2 Å². The number of carbonyl (C=O) groups excluding carboxylic acids is 1. The number of nitrogens with one attached hydrogen (secondary N) is 1. The van der Waals surface area contributed by atoms with Crippen molar-refractivity contribution in [1.82, 2.24) is 5.32 Å². The van der Waals surface area contributed by atoms with Crippen LogP contribution >= 0.6 is 0 Å². The fraction of sp³-hybridized carbons (Fsp3) is 0.125. The van der Waals surface area contributed by atoms with Gasteiger partial charge in [-0.25, -0.2) is 4.79 Å². The molecule has 0 heterocycles. The molecule has 2 N–H and O–H groups in total. The lowest BCUT2D eigenvalue weighted by atomic mass is 10.1. The summed E-state index contributed by atoms with van der Waals surface area (Å²) in [6, 6.07) is 12.6. The third kappa shape index (κ3) is 4.29. The maximum atomic E-state index is 11.9. The summed E-state index contributed by atoms with van der Waals surface area (Å²) in [4.78, 5) is 33.5. The van der Waals surface area contributed by atoms with E-state index >= 15 is 0 Å². The van der Waals surface area contributed by atoms with Crippen LogP contribution < -0.4 is 10.1 Å². The van der Waals surface area contributed by atoms with Gasteiger partial charge in [-0.05, 0) is 11.6 Å². The van der Waals surface area contributed by atoms with E-state index in [4.69, 9.17) is 4.74 Å². The number of nitro groups is 1. The lowest BCUT2D eigenvalue weighted by Crippen LogP contribution is -2.36. The van der Waals surface area contributed by atoms with Crippen LogP contribution in [0.4, 0.5) is 5.69 Å². The zero-order valence-electron chi connectivity index (χ0n) is 12.4. The number of ether oxygens (including phenoxy) is 1. The van der Waals surface area contributed by atoms with Crippen LogP contribution in [0.5, 0.6) is 5.75 Å². The van der Waals surface area contributed by atoms with E-state index in [1.54, 1.807) is 30.3 Å². The molecule has 124 valence electrons. The lowest BCUT2D eigenvalue weighted by Gasteiger charge is -2.15. The molecule has 0 aromatic heterocycles. The van der Waals surface area contributed by atoms with Gasteiger partial charge in [0.15, 0.2) is 18.4 Å². The molecule has 24 heavy (non-hydrogen) atoms. The fourth-order valence-corrected chi connectivity index (χ4v) is 2.01. The van der Waals surface area contributed by atoms with E-state index < -0.39 is 29.4 Å². The van der Waals surface area contributed by atoms with Gasteiger partial charge in [0, 0.05) is 6.07 Å². The summed E-state index contributed by atoms with van der Waals surface area (Å²) >= 11 is 0. The van der Waals surface area contributed by atoms with Gasteiger partial charge in [-0.2, -0.15) is 0 Å². The number of benzene rings is 2. The zero-order valence-corrected chi connectivity index (χ0v) is 12.4. The Balaban J connectivity index is 2.02. The van der Waals surface area contributed by atoms with Gasteiger partial charge in [0.2, 0.25) is 0 Å². The first kappa shape index (κ1) is 16.9. The van der Waals surface area contributed by atoms with Crippen LogP contribution in [0.2, 0.25) is 0 Å². The fourth-order valence-electron chi connectivity index (χ4n) is 2.01. The number of para-hydroxylation sites is 2. The summed E-state index contributed by atoms with van der Waals surface area (Å²) in [5.41, 5.74) is 0.132. The molecule has 0 saturated carbocycles. The molecule has 2 aromatic rings. The molecular weight excluding hydrogens is 316 g/mol. The van der Waals surface area contributed by atoms with Gasteiger partial charge in [0.05, 0.1) is 4.92 Å². The third-order valence-electron chi connectivity index (χ3n) is 3.11. The van der Waals surface area contributed by atoms with Crippen LogP contribution in [-0.2, 0) is 9.59 Å². The quantitative estimate of drug-likeness (QED) is 0.591. The topological polar surface area (TPSA) is 119 Å². The lowest BCUT2D eigenvalue weighted by molar-refractivity contribution is -0.385. The van der Waals surface area contributed by atoms with Gasteiger partial charge in [-0.15, -0.1) is 0 Å². The molecule has 0 fully saturated rings. The second kappa shape index (κ2) is 7.73. The standard InChI is InChI=1S/C16H14N2O6/c19-14(10-24-13-9-5-4-8-12(13)18(22)23)17-15(16(20)21)11-6-2-1-3-7-11/h1-9,15H,10H2,(H,17,19)(H,20,21)/t15-/m0/s1. The number of carboxylic acid groups (broad SMARTS) is 1. The first-order chi connectivity index (χ1) is 11.5. The SMILES string of the molecule is O=C(COc1ccccc1[N+](=O)[O-])N[C@H](C(=O)O)c1ccccc1. The van der Waals surface area contributed by atoms with Crippen LogP contribution in [0.25, 0.3) is 0 Å². The second-order valence-corrected chi connectivity index (χ2v) is 4.76. The summed E-state index contributed by atoms with van der Waals surface area (Å²) < 4.78 is 5.13. The van der Waals surface area contributed by atoms with Crippen LogP contribution in [0.3, 0.4) is 0 Å². The third-order valence-corrected chi connectivity index (χ3v) is 3.11. The van der Waals surface area contributed by atoms with E-state index in [-0.39, 0.29) is 11.4 Å². The smallest absolute Gasteiger partial charge is 0.330 e. The van der Waals surface area contributed by atoms with Crippen LogP contribution in [0.15, 0.2) is 54.6 Å². The van der Waals surface area contributed by atoms with Crippen molar-refractivity contribution in [3.63, 3.8) is 0 Å². The molecule has 0 spiro atoms. The molecule has 0 aliphatic rings. The van der Waals surface area contributed by atoms with Crippen molar-refractivity contribution >= 4 is 17.6 Å². The maximum absolute atomic E-state index is 11.9. The maximum Gasteiger partial charge on any atom is 0.330 e. The average molecular weight is 330 g/mol. The first-order valence-corrected chi connectivity index (χ1v) is 6.92. The molecule has 2 rings (SSSR count). The van der Waals surface area contributed by atoms with Crippen molar-refractivity contribution in [3.05, 3.63) is 70.3 Å². The Morgan fingerprint density at radius 2 is 1.75 bits per heavy atom. The number of carboxylic acids is 1. The highest BCUT2D eigenvalue weighted by Crippen LogP contribution is 2.25. The minimum absolute atomic E-state index is 0.0655. The van der Waals surface area contributed by atoms with Gasteiger partial charge in [0.1, 0.15) is 0 Å². The van der Waals surface area contributed by atoms with Crippen molar-refractivity contribution in [2.45, 2.75) is 6.04 Å².